The summed E-state index contributed by atoms with van der Waals surface area (Å²) in [5.41, 5.74) is 7.28. The highest BCUT2D eigenvalue weighted by molar-refractivity contribution is 5.50. The number of nitrogens with two attached hydrogens (primary N) is 1. The number of nitro groups is 1. The lowest BCUT2D eigenvalue weighted by molar-refractivity contribution is -0.384. The maximum atomic E-state index is 10.6. The van der Waals surface area contributed by atoms with Crippen LogP contribution >= 0.6 is 0 Å². The molecule has 0 aliphatic carbocycles. The smallest absolute Gasteiger partial charge is 0.273 e. The summed E-state index contributed by atoms with van der Waals surface area (Å²) in [6.07, 6.45) is 0. The van der Waals surface area contributed by atoms with Crippen LogP contribution in [-0.2, 0) is 0 Å². The number of hydrogen-bond donors (Lipinski definition) is 1. The molecule has 0 spiro atoms. The summed E-state index contributed by atoms with van der Waals surface area (Å²) < 4.78 is 5.54. The van der Waals surface area contributed by atoms with Gasteiger partial charge in [0.15, 0.2) is 0 Å². The van der Waals surface area contributed by atoms with Gasteiger partial charge in [0.05, 0.1) is 11.0 Å². The van der Waals surface area contributed by atoms with Gasteiger partial charge in [0, 0.05) is 11.8 Å². The van der Waals surface area contributed by atoms with Gasteiger partial charge in [0.25, 0.3) is 5.69 Å². The van der Waals surface area contributed by atoms with E-state index in [0.717, 1.165) is 5.56 Å². The third-order valence-corrected chi connectivity index (χ3v) is 2.51. The molecular formula is C13H12N2O3. The molecule has 0 unspecified atom stereocenters. The maximum Gasteiger partial charge on any atom is 0.273 e. The number of aryl methyl sites for hydroxylation is 1. The van der Waals surface area contributed by atoms with Crippen molar-refractivity contribution in [2.75, 3.05) is 5.73 Å². The van der Waals surface area contributed by atoms with Gasteiger partial charge < -0.3 is 10.5 Å². The minimum atomic E-state index is -0.457. The van der Waals surface area contributed by atoms with E-state index < -0.39 is 4.92 Å². The molecule has 2 rings (SSSR count). The van der Waals surface area contributed by atoms with Gasteiger partial charge in [-0.1, -0.05) is 6.07 Å². The largest absolute Gasteiger partial charge is 0.457 e. The van der Waals surface area contributed by atoms with Gasteiger partial charge in [-0.15, -0.1) is 0 Å². The zero-order valence-corrected chi connectivity index (χ0v) is 9.79. The highest BCUT2D eigenvalue weighted by atomic mass is 16.6. The van der Waals surface area contributed by atoms with Crippen molar-refractivity contribution in [1.82, 2.24) is 0 Å². The van der Waals surface area contributed by atoms with Crippen molar-refractivity contribution >= 4 is 11.4 Å². The summed E-state index contributed by atoms with van der Waals surface area (Å²) in [5, 5.41) is 10.6. The number of ether oxygens (including phenoxy) is 1. The first-order chi connectivity index (χ1) is 8.56. The number of nitrogens with zero attached hydrogens (tertiary/aromatic N) is 1. The summed E-state index contributed by atoms with van der Waals surface area (Å²) in [6.45, 7) is 1.87. The van der Waals surface area contributed by atoms with Gasteiger partial charge in [-0.3, -0.25) is 10.1 Å². The van der Waals surface area contributed by atoms with Gasteiger partial charge >= 0.3 is 0 Å². The molecule has 0 saturated carbocycles. The predicted octanol–water partition coefficient (Wildman–Crippen LogP) is 3.28. The molecule has 0 aromatic heterocycles. The van der Waals surface area contributed by atoms with Gasteiger partial charge in [0.1, 0.15) is 11.5 Å². The minimum Gasteiger partial charge on any atom is -0.457 e. The fourth-order valence-electron chi connectivity index (χ4n) is 1.51. The highest BCUT2D eigenvalue weighted by Gasteiger charge is 2.07. The number of nitrogen functional groups attached to an aromatic ring is 1. The van der Waals surface area contributed by atoms with Crippen molar-refractivity contribution in [1.29, 1.82) is 0 Å². The second-order valence-electron chi connectivity index (χ2n) is 3.87. The van der Waals surface area contributed by atoms with Gasteiger partial charge in [-0.05, 0) is 36.8 Å². The maximum absolute atomic E-state index is 10.6. The minimum absolute atomic E-state index is 0.000308. The molecule has 0 amide bonds. The quantitative estimate of drug-likeness (QED) is 0.510. The van der Waals surface area contributed by atoms with Crippen LogP contribution in [0.25, 0.3) is 0 Å². The molecule has 0 fully saturated rings. The molecule has 0 atom stereocenters. The number of benzene rings is 2. The molecule has 2 aromatic rings. The molecule has 18 heavy (non-hydrogen) atoms. The van der Waals surface area contributed by atoms with Crippen molar-refractivity contribution in [2.24, 2.45) is 0 Å². The summed E-state index contributed by atoms with van der Waals surface area (Å²) in [4.78, 5) is 10.2. The van der Waals surface area contributed by atoms with Crippen LogP contribution in [0.1, 0.15) is 5.56 Å². The monoisotopic (exact) mass is 244 g/mol. The molecule has 0 saturated heterocycles. The third-order valence-electron chi connectivity index (χ3n) is 2.51. The molecule has 5 nitrogen and oxygen atoms in total. The normalized spacial score (nSPS) is 10.1. The molecule has 0 aliphatic rings. The Labute approximate surface area is 104 Å². The number of hydrogen-bond acceptors (Lipinski definition) is 4. The van der Waals surface area contributed by atoms with Gasteiger partial charge in [-0.25, -0.2) is 0 Å². The van der Waals surface area contributed by atoms with Gasteiger partial charge in [-0.2, -0.15) is 0 Å². The first-order valence-corrected chi connectivity index (χ1v) is 5.35. The molecule has 2 N–H and O–H groups in total. The van der Waals surface area contributed by atoms with E-state index in [9.17, 15) is 10.1 Å². The fourth-order valence-corrected chi connectivity index (χ4v) is 1.51. The second kappa shape index (κ2) is 4.75. The molecule has 0 aliphatic heterocycles. The topological polar surface area (TPSA) is 78.4 Å². The molecule has 0 heterocycles. The highest BCUT2D eigenvalue weighted by Crippen LogP contribution is 2.27. The lowest BCUT2D eigenvalue weighted by atomic mass is 10.2. The first kappa shape index (κ1) is 11.9. The zero-order chi connectivity index (χ0) is 13.1. The van der Waals surface area contributed by atoms with Crippen molar-refractivity contribution in [2.45, 2.75) is 6.92 Å². The molecule has 0 bridgehead atoms. The lowest BCUT2D eigenvalue weighted by Crippen LogP contribution is -1.92. The van der Waals surface area contributed by atoms with E-state index in [1.165, 1.54) is 12.1 Å². The van der Waals surface area contributed by atoms with Crippen molar-refractivity contribution in [3.05, 3.63) is 58.1 Å². The van der Waals surface area contributed by atoms with Crippen LogP contribution in [0.15, 0.2) is 42.5 Å². The summed E-state index contributed by atoms with van der Waals surface area (Å²) in [7, 11) is 0. The second-order valence-corrected chi connectivity index (χ2v) is 3.87. The Bertz CT molecular complexity index is 597. The van der Waals surface area contributed by atoms with Crippen LogP contribution in [0.3, 0.4) is 0 Å². The number of nitro benzene ring substituents is 1. The van der Waals surface area contributed by atoms with Gasteiger partial charge in [0.2, 0.25) is 0 Å². The Balaban J connectivity index is 2.25. The third kappa shape index (κ3) is 2.57. The zero-order valence-electron chi connectivity index (χ0n) is 9.79. The summed E-state index contributed by atoms with van der Waals surface area (Å²) in [6, 6.07) is 11.3. The number of non-ortho nitro benzene ring substituents is 1. The van der Waals surface area contributed by atoms with Crippen molar-refractivity contribution < 1.29 is 9.66 Å². The molecule has 0 radical (unpaired) electrons. The Kier molecular flexibility index (Phi) is 3.14. The van der Waals surface area contributed by atoms with Crippen LogP contribution in [0.5, 0.6) is 11.5 Å². The van der Waals surface area contributed by atoms with Crippen molar-refractivity contribution in [3.63, 3.8) is 0 Å². The predicted molar refractivity (Wildman–Crippen MR) is 68.8 cm³/mol. The van der Waals surface area contributed by atoms with E-state index in [0.29, 0.717) is 17.2 Å². The van der Waals surface area contributed by atoms with E-state index in [1.54, 1.807) is 30.3 Å². The Hall–Kier alpha value is -2.56. The molecular weight excluding hydrogens is 232 g/mol. The average Bonchev–Trinajstić information content (AvgIpc) is 2.34. The van der Waals surface area contributed by atoms with E-state index in [1.807, 2.05) is 6.92 Å². The fraction of sp³-hybridized carbons (Fsp3) is 0.0769. The van der Waals surface area contributed by atoms with E-state index in [4.69, 9.17) is 10.5 Å². The van der Waals surface area contributed by atoms with E-state index in [-0.39, 0.29) is 5.69 Å². The first-order valence-electron chi connectivity index (χ1n) is 5.35. The van der Waals surface area contributed by atoms with Crippen LogP contribution in [0, 0.1) is 17.0 Å². The Morgan fingerprint density at radius 1 is 1.17 bits per heavy atom. The van der Waals surface area contributed by atoms with E-state index in [2.05, 4.69) is 0 Å². The van der Waals surface area contributed by atoms with Crippen LogP contribution in [0.4, 0.5) is 11.4 Å². The number of rotatable bonds is 3. The summed E-state index contributed by atoms with van der Waals surface area (Å²) >= 11 is 0. The number of anilines is 1. The Morgan fingerprint density at radius 3 is 2.56 bits per heavy atom. The van der Waals surface area contributed by atoms with Crippen molar-refractivity contribution in [3.8, 4) is 11.5 Å². The summed E-state index contributed by atoms with van der Waals surface area (Å²) in [5.74, 6) is 1.02. The van der Waals surface area contributed by atoms with Crippen LogP contribution in [-0.4, -0.2) is 4.92 Å². The standard InChI is InChI=1S/C13H12N2O3/c1-9-7-12(5-6-13(9)14)18-11-4-2-3-10(8-11)15(16)17/h2-8H,14H2,1H3. The molecule has 92 valence electrons. The molecule has 5 heteroatoms. The van der Waals surface area contributed by atoms with E-state index >= 15 is 0 Å². The van der Waals surface area contributed by atoms with Crippen LogP contribution in [0.2, 0.25) is 0 Å². The average molecular weight is 244 g/mol. The Morgan fingerprint density at radius 2 is 1.89 bits per heavy atom. The molecule has 2 aromatic carbocycles. The van der Waals surface area contributed by atoms with Crippen LogP contribution < -0.4 is 10.5 Å². The lowest BCUT2D eigenvalue weighted by Gasteiger charge is -2.07. The SMILES string of the molecule is Cc1cc(Oc2cccc([N+](=O)[O-])c2)ccc1N.